The van der Waals surface area contributed by atoms with Gasteiger partial charge in [0.1, 0.15) is 5.82 Å². The standard InChI is InChI=1S/C20H22FN5O2/c1-25(2)13-5-12-22-19(27)18-23-17-7-4-3-6-16(17)20(28)26(18)24-15-10-8-14(21)9-11-15/h3-4,6-11,24H,5,12-13H2,1-2H3,(H,22,27). The molecule has 2 N–H and O–H groups in total. The molecular formula is C20H22FN5O2. The molecule has 7 nitrogen and oxygen atoms in total. The maximum atomic E-state index is 13.2. The van der Waals surface area contributed by atoms with Gasteiger partial charge in [0.2, 0.25) is 5.82 Å². The number of hydrogen-bond acceptors (Lipinski definition) is 5. The van der Waals surface area contributed by atoms with Crippen LogP contribution in [0.1, 0.15) is 17.0 Å². The second kappa shape index (κ2) is 8.62. The fourth-order valence-electron chi connectivity index (χ4n) is 2.72. The van der Waals surface area contributed by atoms with Crippen LogP contribution in [-0.4, -0.2) is 47.7 Å². The molecule has 0 atom stereocenters. The molecule has 0 saturated heterocycles. The first-order chi connectivity index (χ1) is 13.5. The highest BCUT2D eigenvalue weighted by atomic mass is 19.1. The summed E-state index contributed by atoms with van der Waals surface area (Å²) in [5.41, 5.74) is 3.34. The summed E-state index contributed by atoms with van der Waals surface area (Å²) in [5, 5.41) is 3.17. The molecule has 0 aliphatic rings. The van der Waals surface area contributed by atoms with Crippen molar-refractivity contribution in [2.75, 3.05) is 32.6 Å². The predicted molar refractivity (Wildman–Crippen MR) is 107 cm³/mol. The zero-order valence-corrected chi connectivity index (χ0v) is 15.8. The molecule has 146 valence electrons. The van der Waals surface area contributed by atoms with E-state index >= 15 is 0 Å². The Bertz CT molecular complexity index is 1030. The lowest BCUT2D eigenvalue weighted by atomic mass is 10.2. The SMILES string of the molecule is CN(C)CCCNC(=O)c1nc2ccccc2c(=O)n1Nc1ccc(F)cc1. The normalized spacial score (nSPS) is 11.0. The van der Waals surface area contributed by atoms with Crippen molar-refractivity contribution in [1.29, 1.82) is 0 Å². The van der Waals surface area contributed by atoms with Gasteiger partial charge in [0.15, 0.2) is 0 Å². The second-order valence-corrected chi connectivity index (χ2v) is 6.62. The fourth-order valence-corrected chi connectivity index (χ4v) is 2.72. The van der Waals surface area contributed by atoms with Crippen molar-refractivity contribution >= 4 is 22.5 Å². The lowest BCUT2D eigenvalue weighted by Crippen LogP contribution is -2.37. The number of nitrogens with zero attached hydrogens (tertiary/aromatic N) is 3. The summed E-state index contributed by atoms with van der Waals surface area (Å²) in [4.78, 5) is 32.0. The zero-order chi connectivity index (χ0) is 20.1. The molecule has 0 aliphatic carbocycles. The van der Waals surface area contributed by atoms with Crippen molar-refractivity contribution in [2.45, 2.75) is 6.42 Å². The highest BCUT2D eigenvalue weighted by molar-refractivity contribution is 5.93. The summed E-state index contributed by atoms with van der Waals surface area (Å²) >= 11 is 0. The van der Waals surface area contributed by atoms with Crippen LogP contribution in [0.2, 0.25) is 0 Å². The van der Waals surface area contributed by atoms with Crippen LogP contribution in [0.4, 0.5) is 10.1 Å². The minimum Gasteiger partial charge on any atom is -0.349 e. The van der Waals surface area contributed by atoms with Crippen LogP contribution < -0.4 is 16.3 Å². The zero-order valence-electron chi connectivity index (χ0n) is 15.8. The van der Waals surface area contributed by atoms with Crippen LogP contribution in [0.5, 0.6) is 0 Å². The van der Waals surface area contributed by atoms with Crippen LogP contribution in [-0.2, 0) is 0 Å². The van der Waals surface area contributed by atoms with E-state index < -0.39 is 17.3 Å². The molecule has 8 heteroatoms. The first kappa shape index (κ1) is 19.5. The van der Waals surface area contributed by atoms with Crippen LogP contribution >= 0.6 is 0 Å². The van der Waals surface area contributed by atoms with Crippen molar-refractivity contribution in [2.24, 2.45) is 0 Å². The molecule has 1 aromatic heterocycles. The van der Waals surface area contributed by atoms with E-state index in [2.05, 4.69) is 15.7 Å². The minimum atomic E-state index is -0.462. The van der Waals surface area contributed by atoms with Gasteiger partial charge in [-0.15, -0.1) is 0 Å². The number of rotatable bonds is 7. The van der Waals surface area contributed by atoms with Crippen molar-refractivity contribution in [3.8, 4) is 0 Å². The van der Waals surface area contributed by atoms with Gasteiger partial charge in [0, 0.05) is 6.54 Å². The lowest BCUT2D eigenvalue weighted by molar-refractivity contribution is 0.0938. The third-order valence-corrected chi connectivity index (χ3v) is 4.13. The number of carbonyl (C=O) groups excluding carboxylic acids is 1. The predicted octanol–water partition coefficient (Wildman–Crippen LogP) is 2.09. The number of para-hydroxylation sites is 1. The van der Waals surface area contributed by atoms with Crippen molar-refractivity contribution < 1.29 is 9.18 Å². The Morgan fingerprint density at radius 3 is 2.57 bits per heavy atom. The van der Waals surface area contributed by atoms with Gasteiger partial charge in [0.05, 0.1) is 16.6 Å². The first-order valence-corrected chi connectivity index (χ1v) is 8.93. The van der Waals surface area contributed by atoms with E-state index in [9.17, 15) is 14.0 Å². The van der Waals surface area contributed by atoms with Crippen LogP contribution in [0.25, 0.3) is 10.9 Å². The van der Waals surface area contributed by atoms with Gasteiger partial charge in [-0.3, -0.25) is 15.0 Å². The van der Waals surface area contributed by atoms with Gasteiger partial charge in [-0.25, -0.2) is 9.37 Å². The van der Waals surface area contributed by atoms with Gasteiger partial charge in [-0.1, -0.05) is 12.1 Å². The Hall–Kier alpha value is -3.26. The van der Waals surface area contributed by atoms with Crippen molar-refractivity contribution in [1.82, 2.24) is 19.9 Å². The Morgan fingerprint density at radius 2 is 1.86 bits per heavy atom. The summed E-state index contributed by atoms with van der Waals surface area (Å²) in [6.07, 6.45) is 0.766. The van der Waals surface area contributed by atoms with Gasteiger partial charge < -0.3 is 10.2 Å². The molecule has 28 heavy (non-hydrogen) atoms. The number of carbonyl (C=O) groups is 1. The molecule has 0 saturated carbocycles. The van der Waals surface area contributed by atoms with E-state index in [1.165, 1.54) is 24.3 Å². The quantitative estimate of drug-likeness (QED) is 0.611. The van der Waals surface area contributed by atoms with Gasteiger partial charge in [-0.05, 0) is 63.5 Å². The van der Waals surface area contributed by atoms with E-state index in [1.807, 2.05) is 19.0 Å². The van der Waals surface area contributed by atoms with E-state index in [1.54, 1.807) is 24.3 Å². The van der Waals surface area contributed by atoms with Crippen molar-refractivity contribution in [3.05, 3.63) is 70.5 Å². The monoisotopic (exact) mass is 383 g/mol. The fraction of sp³-hybridized carbons (Fsp3) is 0.250. The third-order valence-electron chi connectivity index (χ3n) is 4.13. The maximum Gasteiger partial charge on any atom is 0.289 e. The smallest absolute Gasteiger partial charge is 0.289 e. The van der Waals surface area contributed by atoms with E-state index in [4.69, 9.17) is 0 Å². The molecule has 0 spiro atoms. The molecule has 2 aromatic carbocycles. The molecule has 0 fully saturated rings. The van der Waals surface area contributed by atoms with Crippen LogP contribution in [0.3, 0.4) is 0 Å². The second-order valence-electron chi connectivity index (χ2n) is 6.62. The third kappa shape index (κ3) is 4.52. The molecule has 3 rings (SSSR count). The Labute approximate surface area is 161 Å². The summed E-state index contributed by atoms with van der Waals surface area (Å²) in [6.45, 7) is 1.28. The van der Waals surface area contributed by atoms with Gasteiger partial charge in [-0.2, -0.15) is 4.68 Å². The highest BCUT2D eigenvalue weighted by Crippen LogP contribution is 2.11. The lowest BCUT2D eigenvalue weighted by Gasteiger charge is -2.15. The average Bonchev–Trinajstić information content (AvgIpc) is 2.68. The molecule has 1 heterocycles. The molecule has 0 unspecified atom stereocenters. The number of aromatic nitrogens is 2. The van der Waals surface area contributed by atoms with Crippen molar-refractivity contribution in [3.63, 3.8) is 0 Å². The number of anilines is 1. The number of halogens is 1. The summed E-state index contributed by atoms with van der Waals surface area (Å²) in [7, 11) is 3.91. The molecule has 0 aliphatic heterocycles. The van der Waals surface area contributed by atoms with Gasteiger partial charge in [0.25, 0.3) is 11.5 Å². The van der Waals surface area contributed by atoms with Crippen LogP contribution in [0, 0.1) is 5.82 Å². The van der Waals surface area contributed by atoms with Crippen LogP contribution in [0.15, 0.2) is 53.3 Å². The van der Waals surface area contributed by atoms with E-state index in [0.29, 0.717) is 23.1 Å². The molecule has 0 radical (unpaired) electrons. The number of nitrogens with one attached hydrogen (secondary N) is 2. The average molecular weight is 383 g/mol. The largest absolute Gasteiger partial charge is 0.349 e. The highest BCUT2D eigenvalue weighted by Gasteiger charge is 2.17. The number of hydrogen-bond donors (Lipinski definition) is 2. The molecular weight excluding hydrogens is 361 g/mol. The van der Waals surface area contributed by atoms with E-state index in [-0.39, 0.29) is 5.82 Å². The minimum absolute atomic E-state index is 0.0575. The Morgan fingerprint density at radius 1 is 1.14 bits per heavy atom. The first-order valence-electron chi connectivity index (χ1n) is 8.93. The molecule has 3 aromatic rings. The summed E-state index contributed by atoms with van der Waals surface area (Å²) in [5.74, 6) is -0.914. The Balaban J connectivity index is 1.95. The molecule has 0 bridgehead atoms. The van der Waals surface area contributed by atoms with E-state index in [0.717, 1.165) is 17.6 Å². The van der Waals surface area contributed by atoms with Gasteiger partial charge >= 0.3 is 0 Å². The Kier molecular flexibility index (Phi) is 6.00. The summed E-state index contributed by atoms with van der Waals surface area (Å²) < 4.78 is 14.3. The molecule has 1 amide bonds. The number of amides is 1. The number of benzene rings is 2. The maximum absolute atomic E-state index is 13.2. The topological polar surface area (TPSA) is 79.3 Å². The number of fused-ring (bicyclic) bond motifs is 1. The summed E-state index contributed by atoms with van der Waals surface area (Å²) in [6, 6.07) is 12.3.